The van der Waals surface area contributed by atoms with Gasteiger partial charge in [0.25, 0.3) is 0 Å². The molecule has 1 N–H and O–H groups in total. The molecule has 0 spiro atoms. The molecule has 0 saturated carbocycles. The largest absolute Gasteiger partial charge is 0.305 e. The minimum absolute atomic E-state index is 0.333. The number of rotatable bonds is 4. The SMILES string of the molecule is C[C@H](NCc1cscn1)c1cccc(Br)c1. The number of hydrogen-bond donors (Lipinski definition) is 1. The number of aromatic nitrogens is 1. The Kier molecular flexibility index (Phi) is 4.09. The van der Waals surface area contributed by atoms with Gasteiger partial charge in [-0.3, -0.25) is 0 Å². The molecule has 16 heavy (non-hydrogen) atoms. The molecule has 0 radical (unpaired) electrons. The fourth-order valence-corrected chi connectivity index (χ4v) is 2.45. The summed E-state index contributed by atoms with van der Waals surface area (Å²) in [6, 6.07) is 8.69. The summed E-state index contributed by atoms with van der Waals surface area (Å²) in [6.45, 7) is 2.98. The van der Waals surface area contributed by atoms with E-state index < -0.39 is 0 Å². The van der Waals surface area contributed by atoms with Crippen molar-refractivity contribution in [3.8, 4) is 0 Å². The number of nitrogens with zero attached hydrogens (tertiary/aromatic N) is 1. The van der Waals surface area contributed by atoms with Crippen LogP contribution < -0.4 is 5.32 Å². The van der Waals surface area contributed by atoms with Crippen LogP contribution in [0.2, 0.25) is 0 Å². The van der Waals surface area contributed by atoms with Crippen molar-refractivity contribution in [3.63, 3.8) is 0 Å². The van der Waals surface area contributed by atoms with E-state index in [-0.39, 0.29) is 0 Å². The predicted octanol–water partition coefficient (Wildman–Crippen LogP) is 3.76. The zero-order valence-electron chi connectivity index (χ0n) is 8.98. The van der Waals surface area contributed by atoms with E-state index in [1.54, 1.807) is 11.3 Å². The van der Waals surface area contributed by atoms with Crippen LogP contribution in [0.4, 0.5) is 0 Å². The van der Waals surface area contributed by atoms with Crippen LogP contribution in [0.3, 0.4) is 0 Å². The van der Waals surface area contributed by atoms with Crippen LogP contribution in [0, 0.1) is 0 Å². The minimum Gasteiger partial charge on any atom is -0.305 e. The number of hydrogen-bond acceptors (Lipinski definition) is 3. The van der Waals surface area contributed by atoms with E-state index in [1.807, 2.05) is 11.6 Å². The Hall–Kier alpha value is -0.710. The lowest BCUT2D eigenvalue weighted by Gasteiger charge is -2.13. The lowest BCUT2D eigenvalue weighted by Crippen LogP contribution is -2.18. The van der Waals surface area contributed by atoms with Crippen molar-refractivity contribution in [2.45, 2.75) is 19.5 Å². The van der Waals surface area contributed by atoms with Crippen molar-refractivity contribution in [1.29, 1.82) is 0 Å². The zero-order valence-corrected chi connectivity index (χ0v) is 11.4. The molecule has 0 fully saturated rings. The third-order valence-electron chi connectivity index (χ3n) is 2.42. The minimum atomic E-state index is 0.333. The maximum absolute atomic E-state index is 4.25. The van der Waals surface area contributed by atoms with E-state index in [1.165, 1.54) is 5.56 Å². The lowest BCUT2D eigenvalue weighted by molar-refractivity contribution is 0.569. The van der Waals surface area contributed by atoms with Crippen molar-refractivity contribution in [3.05, 3.63) is 50.9 Å². The average Bonchev–Trinajstić information content (AvgIpc) is 2.78. The monoisotopic (exact) mass is 296 g/mol. The summed E-state index contributed by atoms with van der Waals surface area (Å²) >= 11 is 5.11. The molecule has 2 aromatic rings. The first-order chi connectivity index (χ1) is 7.75. The number of nitrogens with one attached hydrogen (secondary N) is 1. The van der Waals surface area contributed by atoms with Gasteiger partial charge in [-0.1, -0.05) is 28.1 Å². The summed E-state index contributed by atoms with van der Waals surface area (Å²) in [5.41, 5.74) is 4.25. The predicted molar refractivity (Wildman–Crippen MR) is 71.5 cm³/mol. The first-order valence-corrected chi connectivity index (χ1v) is 6.85. The smallest absolute Gasteiger partial charge is 0.0795 e. The summed E-state index contributed by atoms with van der Waals surface area (Å²) < 4.78 is 1.12. The highest BCUT2D eigenvalue weighted by molar-refractivity contribution is 9.10. The Morgan fingerprint density at radius 1 is 1.50 bits per heavy atom. The highest BCUT2D eigenvalue weighted by Crippen LogP contribution is 2.18. The molecule has 1 heterocycles. The second-order valence-corrected chi connectivity index (χ2v) is 5.27. The zero-order chi connectivity index (χ0) is 11.4. The summed E-state index contributed by atoms with van der Waals surface area (Å²) in [6.07, 6.45) is 0. The Balaban J connectivity index is 1.95. The Morgan fingerprint density at radius 2 is 2.38 bits per heavy atom. The second kappa shape index (κ2) is 5.57. The topological polar surface area (TPSA) is 24.9 Å². The van der Waals surface area contributed by atoms with Crippen LogP contribution in [0.5, 0.6) is 0 Å². The normalized spacial score (nSPS) is 12.6. The molecular formula is C12H13BrN2S. The molecule has 0 bridgehead atoms. The van der Waals surface area contributed by atoms with Gasteiger partial charge in [0, 0.05) is 22.4 Å². The fourth-order valence-electron chi connectivity index (χ4n) is 1.48. The molecule has 1 aromatic heterocycles. The summed E-state index contributed by atoms with van der Waals surface area (Å²) in [7, 11) is 0. The van der Waals surface area contributed by atoms with Gasteiger partial charge in [-0.15, -0.1) is 11.3 Å². The molecule has 0 saturated heterocycles. The molecule has 0 aliphatic carbocycles. The molecule has 0 aliphatic rings. The molecule has 0 unspecified atom stereocenters. The Labute approximate surface area is 108 Å². The van der Waals surface area contributed by atoms with Gasteiger partial charge in [0.05, 0.1) is 11.2 Å². The molecule has 0 aliphatic heterocycles. The first kappa shape index (κ1) is 11.8. The van der Waals surface area contributed by atoms with Crippen LogP contribution in [-0.4, -0.2) is 4.98 Å². The van der Waals surface area contributed by atoms with Gasteiger partial charge in [0.2, 0.25) is 0 Å². The van der Waals surface area contributed by atoms with Gasteiger partial charge >= 0.3 is 0 Å². The molecule has 1 atom stereocenters. The standard InChI is InChI=1S/C12H13BrN2S/c1-9(10-3-2-4-11(13)5-10)14-6-12-7-16-8-15-12/h2-5,7-9,14H,6H2,1H3/t9-/m0/s1. The van der Waals surface area contributed by atoms with Gasteiger partial charge in [0.15, 0.2) is 0 Å². The summed E-state index contributed by atoms with van der Waals surface area (Å²) in [4.78, 5) is 4.25. The van der Waals surface area contributed by atoms with E-state index in [4.69, 9.17) is 0 Å². The van der Waals surface area contributed by atoms with Crippen LogP contribution >= 0.6 is 27.3 Å². The molecule has 2 rings (SSSR count). The van der Waals surface area contributed by atoms with Crippen LogP contribution in [0.25, 0.3) is 0 Å². The number of thiazole rings is 1. The molecule has 0 amide bonds. The second-order valence-electron chi connectivity index (χ2n) is 3.64. The highest BCUT2D eigenvalue weighted by atomic mass is 79.9. The van der Waals surface area contributed by atoms with Gasteiger partial charge < -0.3 is 5.32 Å². The molecule has 1 aromatic carbocycles. The van der Waals surface area contributed by atoms with Gasteiger partial charge in [-0.25, -0.2) is 4.98 Å². The van der Waals surface area contributed by atoms with Crippen LogP contribution in [-0.2, 0) is 6.54 Å². The Bertz CT molecular complexity index is 442. The van der Waals surface area contributed by atoms with E-state index in [0.717, 1.165) is 16.7 Å². The van der Waals surface area contributed by atoms with E-state index >= 15 is 0 Å². The van der Waals surface area contributed by atoms with E-state index in [0.29, 0.717) is 6.04 Å². The van der Waals surface area contributed by atoms with E-state index in [9.17, 15) is 0 Å². The van der Waals surface area contributed by atoms with Gasteiger partial charge in [-0.05, 0) is 24.6 Å². The van der Waals surface area contributed by atoms with Crippen LogP contribution in [0.15, 0.2) is 39.6 Å². The van der Waals surface area contributed by atoms with Crippen molar-refractivity contribution < 1.29 is 0 Å². The highest BCUT2D eigenvalue weighted by Gasteiger charge is 2.05. The van der Waals surface area contributed by atoms with Crippen molar-refractivity contribution in [1.82, 2.24) is 10.3 Å². The molecular weight excluding hydrogens is 284 g/mol. The first-order valence-electron chi connectivity index (χ1n) is 5.11. The maximum atomic E-state index is 4.25. The average molecular weight is 297 g/mol. The van der Waals surface area contributed by atoms with Crippen molar-refractivity contribution in [2.75, 3.05) is 0 Å². The van der Waals surface area contributed by atoms with E-state index in [2.05, 4.69) is 56.7 Å². The summed E-state index contributed by atoms with van der Waals surface area (Å²) in [5.74, 6) is 0. The molecule has 4 heteroatoms. The Morgan fingerprint density at radius 3 is 3.06 bits per heavy atom. The molecule has 2 nitrogen and oxygen atoms in total. The third kappa shape index (κ3) is 3.14. The van der Waals surface area contributed by atoms with Crippen molar-refractivity contribution in [2.24, 2.45) is 0 Å². The van der Waals surface area contributed by atoms with Crippen molar-refractivity contribution >= 4 is 27.3 Å². The lowest BCUT2D eigenvalue weighted by atomic mass is 10.1. The van der Waals surface area contributed by atoms with Crippen LogP contribution in [0.1, 0.15) is 24.2 Å². The molecule has 84 valence electrons. The summed E-state index contributed by atoms with van der Waals surface area (Å²) in [5, 5.41) is 5.52. The number of benzene rings is 1. The van der Waals surface area contributed by atoms with Gasteiger partial charge in [0.1, 0.15) is 0 Å². The van der Waals surface area contributed by atoms with Gasteiger partial charge in [-0.2, -0.15) is 0 Å². The number of halogens is 1. The maximum Gasteiger partial charge on any atom is 0.0795 e. The fraction of sp³-hybridized carbons (Fsp3) is 0.250. The third-order valence-corrected chi connectivity index (χ3v) is 3.55. The quantitative estimate of drug-likeness (QED) is 0.929.